The van der Waals surface area contributed by atoms with Gasteiger partial charge in [0, 0.05) is 5.56 Å². The Hall–Kier alpha value is -3.35. The second-order valence-electron chi connectivity index (χ2n) is 7.17. The van der Waals surface area contributed by atoms with Gasteiger partial charge < -0.3 is 14.6 Å². The molecule has 0 fully saturated rings. The van der Waals surface area contributed by atoms with Crippen molar-refractivity contribution in [3.63, 3.8) is 0 Å². The quantitative estimate of drug-likeness (QED) is 0.583. The van der Waals surface area contributed by atoms with Gasteiger partial charge in [-0.1, -0.05) is 30.3 Å². The molecule has 0 aliphatic carbocycles. The number of carboxylic acids is 1. The second kappa shape index (κ2) is 8.56. The van der Waals surface area contributed by atoms with Gasteiger partial charge in [-0.15, -0.1) is 0 Å². The summed E-state index contributed by atoms with van der Waals surface area (Å²) < 4.78 is 10.7. The molecule has 0 aliphatic rings. The first-order valence-electron chi connectivity index (χ1n) is 8.71. The Labute approximate surface area is 163 Å². The van der Waals surface area contributed by atoms with Crippen LogP contribution in [-0.2, 0) is 9.53 Å². The Morgan fingerprint density at radius 2 is 1.64 bits per heavy atom. The molecule has 1 atom stereocenters. The number of nitrogens with one attached hydrogen (secondary N) is 1. The van der Waals surface area contributed by atoms with E-state index in [9.17, 15) is 19.5 Å². The van der Waals surface area contributed by atoms with Crippen LogP contribution in [0, 0.1) is 0 Å². The topological polar surface area (TPSA) is 102 Å². The van der Waals surface area contributed by atoms with E-state index in [0.717, 1.165) is 0 Å². The van der Waals surface area contributed by atoms with Crippen molar-refractivity contribution in [2.45, 2.75) is 39.2 Å². The predicted molar refractivity (Wildman–Crippen MR) is 104 cm³/mol. The van der Waals surface area contributed by atoms with Gasteiger partial charge in [0.2, 0.25) is 0 Å². The second-order valence-corrected chi connectivity index (χ2v) is 7.17. The van der Waals surface area contributed by atoms with Crippen LogP contribution in [0.3, 0.4) is 0 Å². The standard InChI is InChI=1S/C21H23NO6/c1-13(18(23)24)15-11-8-12-16(22-20(26)28-21(2,3)4)17(15)27-19(25)14-9-6-5-7-10-14/h5-13H,1-4H3,(H,22,26)(H,23,24). The van der Waals surface area contributed by atoms with E-state index in [2.05, 4.69) is 5.32 Å². The molecule has 148 valence electrons. The van der Waals surface area contributed by atoms with Gasteiger partial charge in [-0.2, -0.15) is 0 Å². The number of amides is 1. The number of carbonyl (C=O) groups is 3. The zero-order chi connectivity index (χ0) is 20.9. The number of carboxylic acid groups (broad SMARTS) is 1. The highest BCUT2D eigenvalue weighted by Gasteiger charge is 2.25. The molecule has 0 radical (unpaired) electrons. The number of hydrogen-bond acceptors (Lipinski definition) is 5. The van der Waals surface area contributed by atoms with E-state index in [1.807, 2.05) is 0 Å². The van der Waals surface area contributed by atoms with E-state index in [-0.39, 0.29) is 17.0 Å². The first-order valence-corrected chi connectivity index (χ1v) is 8.71. The molecule has 2 aromatic carbocycles. The summed E-state index contributed by atoms with van der Waals surface area (Å²) in [4.78, 5) is 36.1. The van der Waals surface area contributed by atoms with Crippen molar-refractivity contribution in [3.05, 3.63) is 59.7 Å². The highest BCUT2D eigenvalue weighted by molar-refractivity contribution is 5.94. The maximum atomic E-state index is 12.5. The van der Waals surface area contributed by atoms with Crippen molar-refractivity contribution < 1.29 is 29.0 Å². The van der Waals surface area contributed by atoms with Gasteiger partial charge in [0.25, 0.3) is 0 Å². The molecule has 0 saturated carbocycles. The molecule has 7 nitrogen and oxygen atoms in total. The van der Waals surface area contributed by atoms with E-state index in [0.29, 0.717) is 5.56 Å². The summed E-state index contributed by atoms with van der Waals surface area (Å²) >= 11 is 0. The molecule has 0 aromatic heterocycles. The van der Waals surface area contributed by atoms with Crippen molar-refractivity contribution >= 4 is 23.7 Å². The van der Waals surface area contributed by atoms with Crippen LogP contribution in [0.5, 0.6) is 5.75 Å². The van der Waals surface area contributed by atoms with Crippen LogP contribution in [0.2, 0.25) is 0 Å². The number of esters is 1. The highest BCUT2D eigenvalue weighted by Crippen LogP contribution is 2.35. The monoisotopic (exact) mass is 385 g/mol. The zero-order valence-electron chi connectivity index (χ0n) is 16.2. The van der Waals surface area contributed by atoms with Crippen molar-refractivity contribution in [1.29, 1.82) is 0 Å². The van der Waals surface area contributed by atoms with Gasteiger partial charge in [0.05, 0.1) is 17.2 Å². The molecule has 7 heteroatoms. The Morgan fingerprint density at radius 1 is 1.00 bits per heavy atom. The smallest absolute Gasteiger partial charge is 0.412 e. The highest BCUT2D eigenvalue weighted by atomic mass is 16.6. The fraction of sp³-hybridized carbons (Fsp3) is 0.286. The van der Waals surface area contributed by atoms with E-state index >= 15 is 0 Å². The average molecular weight is 385 g/mol. The van der Waals surface area contributed by atoms with Crippen LogP contribution in [0.4, 0.5) is 10.5 Å². The van der Waals surface area contributed by atoms with Gasteiger partial charge in [0.15, 0.2) is 5.75 Å². The van der Waals surface area contributed by atoms with Gasteiger partial charge >= 0.3 is 18.0 Å². The number of carbonyl (C=O) groups excluding carboxylic acids is 2. The molecule has 0 saturated heterocycles. The summed E-state index contributed by atoms with van der Waals surface area (Å²) in [7, 11) is 0. The molecular formula is C21H23NO6. The average Bonchev–Trinajstić information content (AvgIpc) is 2.61. The molecule has 0 aliphatic heterocycles. The molecule has 0 bridgehead atoms. The lowest BCUT2D eigenvalue weighted by Gasteiger charge is -2.21. The minimum atomic E-state index is -1.09. The van der Waals surface area contributed by atoms with Crippen LogP contribution in [0.25, 0.3) is 0 Å². The van der Waals surface area contributed by atoms with Gasteiger partial charge in [-0.05, 0) is 45.9 Å². The largest absolute Gasteiger partial charge is 0.481 e. The SMILES string of the molecule is CC(C(=O)O)c1cccc(NC(=O)OC(C)(C)C)c1OC(=O)c1ccccc1. The Bertz CT molecular complexity index is 870. The van der Waals surface area contributed by atoms with Crippen LogP contribution >= 0.6 is 0 Å². The third-order valence-electron chi connectivity index (χ3n) is 3.72. The number of aliphatic carboxylic acids is 1. The zero-order valence-corrected chi connectivity index (χ0v) is 16.2. The van der Waals surface area contributed by atoms with Gasteiger partial charge in [-0.25, -0.2) is 9.59 Å². The lowest BCUT2D eigenvalue weighted by atomic mass is 9.99. The lowest BCUT2D eigenvalue weighted by molar-refractivity contribution is -0.138. The minimum absolute atomic E-state index is 0.0305. The molecule has 2 N–H and O–H groups in total. The number of anilines is 1. The van der Waals surface area contributed by atoms with E-state index in [4.69, 9.17) is 9.47 Å². The molecule has 1 amide bonds. The summed E-state index contributed by atoms with van der Waals surface area (Å²) in [5, 5.41) is 11.9. The maximum absolute atomic E-state index is 12.5. The maximum Gasteiger partial charge on any atom is 0.412 e. The Kier molecular flexibility index (Phi) is 6.41. The van der Waals surface area contributed by atoms with Gasteiger partial charge in [-0.3, -0.25) is 10.1 Å². The normalized spacial score (nSPS) is 12.0. The van der Waals surface area contributed by atoms with Crippen LogP contribution in [0.1, 0.15) is 49.5 Å². The first kappa shape index (κ1) is 21.0. The van der Waals surface area contributed by atoms with E-state index < -0.39 is 29.6 Å². The van der Waals surface area contributed by atoms with E-state index in [1.54, 1.807) is 57.2 Å². The van der Waals surface area contributed by atoms with Crippen LogP contribution in [0.15, 0.2) is 48.5 Å². The Morgan fingerprint density at radius 3 is 2.21 bits per heavy atom. The van der Waals surface area contributed by atoms with Crippen molar-refractivity contribution in [2.75, 3.05) is 5.32 Å². The molecular weight excluding hydrogens is 362 g/mol. The van der Waals surface area contributed by atoms with E-state index in [1.165, 1.54) is 19.1 Å². The number of hydrogen-bond donors (Lipinski definition) is 2. The number of rotatable bonds is 5. The molecule has 1 unspecified atom stereocenters. The molecule has 0 heterocycles. The van der Waals surface area contributed by atoms with Crippen LogP contribution in [-0.4, -0.2) is 28.7 Å². The molecule has 0 spiro atoms. The molecule has 28 heavy (non-hydrogen) atoms. The minimum Gasteiger partial charge on any atom is -0.481 e. The van der Waals surface area contributed by atoms with Crippen molar-refractivity contribution in [2.24, 2.45) is 0 Å². The first-order chi connectivity index (χ1) is 13.1. The summed E-state index contributed by atoms with van der Waals surface area (Å²) in [5.74, 6) is -2.75. The van der Waals surface area contributed by atoms with Crippen molar-refractivity contribution in [1.82, 2.24) is 0 Å². The predicted octanol–water partition coefficient (Wildman–Crippen LogP) is 4.44. The third-order valence-corrected chi connectivity index (χ3v) is 3.72. The third kappa shape index (κ3) is 5.57. The number of benzene rings is 2. The number of para-hydroxylation sites is 1. The summed E-state index contributed by atoms with van der Waals surface area (Å²) in [5.41, 5.74) is -0.0327. The van der Waals surface area contributed by atoms with Crippen LogP contribution < -0.4 is 10.1 Å². The molecule has 2 rings (SSSR count). The fourth-order valence-electron chi connectivity index (χ4n) is 2.38. The number of ether oxygens (including phenoxy) is 2. The lowest BCUT2D eigenvalue weighted by Crippen LogP contribution is -2.27. The summed E-state index contributed by atoms with van der Waals surface area (Å²) in [6, 6.07) is 12.9. The van der Waals surface area contributed by atoms with Crippen molar-refractivity contribution in [3.8, 4) is 5.75 Å². The summed E-state index contributed by atoms with van der Waals surface area (Å²) in [6.45, 7) is 6.61. The van der Waals surface area contributed by atoms with Gasteiger partial charge in [0.1, 0.15) is 5.60 Å². The molecule has 2 aromatic rings. The summed E-state index contributed by atoms with van der Waals surface area (Å²) in [6.07, 6.45) is -0.746. The fourth-order valence-corrected chi connectivity index (χ4v) is 2.38. The Balaban J connectivity index is 2.41.